The van der Waals surface area contributed by atoms with Gasteiger partial charge in [0.25, 0.3) is 0 Å². The van der Waals surface area contributed by atoms with Crippen molar-refractivity contribution in [3.63, 3.8) is 0 Å². The molecule has 1 aromatic carbocycles. The van der Waals surface area contributed by atoms with E-state index in [0.29, 0.717) is 11.4 Å². The van der Waals surface area contributed by atoms with Crippen LogP contribution in [0.2, 0.25) is 0 Å². The minimum atomic E-state index is -3.23. The van der Waals surface area contributed by atoms with Crippen molar-refractivity contribution in [2.24, 2.45) is 0 Å². The van der Waals surface area contributed by atoms with Gasteiger partial charge in [-0.15, -0.1) is 0 Å². The highest BCUT2D eigenvalue weighted by atomic mass is 32.2. The van der Waals surface area contributed by atoms with Crippen LogP contribution >= 0.6 is 0 Å². The molecule has 5 heteroatoms. The summed E-state index contributed by atoms with van der Waals surface area (Å²) in [5, 5.41) is -0.432. The summed E-state index contributed by atoms with van der Waals surface area (Å²) >= 11 is 0. The monoisotopic (exact) mass is 269 g/mol. The van der Waals surface area contributed by atoms with Crippen molar-refractivity contribution in [3.8, 4) is 0 Å². The van der Waals surface area contributed by atoms with Crippen LogP contribution in [0.25, 0.3) is 0 Å². The zero-order valence-electron chi connectivity index (χ0n) is 11.2. The molecule has 0 fully saturated rings. The van der Waals surface area contributed by atoms with Gasteiger partial charge in [-0.3, -0.25) is 4.79 Å². The van der Waals surface area contributed by atoms with Crippen molar-refractivity contribution in [1.29, 1.82) is 0 Å². The molecule has 100 valence electrons. The Hall–Kier alpha value is -1.36. The van der Waals surface area contributed by atoms with Crippen LogP contribution in [0.5, 0.6) is 0 Å². The van der Waals surface area contributed by atoms with Gasteiger partial charge in [0, 0.05) is 12.7 Å². The van der Waals surface area contributed by atoms with Gasteiger partial charge in [0.05, 0.1) is 16.7 Å². The van der Waals surface area contributed by atoms with Gasteiger partial charge >= 0.3 is 0 Å². The SMILES string of the molecule is CC(=O)CN(C)c1ccc(S(=O)(=O)C(C)C)cc1. The standard InChI is InChI=1S/C13H19NO3S/c1-10(2)18(16,17)13-7-5-12(6-8-13)14(4)9-11(3)15/h5-8,10H,9H2,1-4H3. The van der Waals surface area contributed by atoms with Gasteiger partial charge in [-0.2, -0.15) is 0 Å². The number of carbonyl (C=O) groups is 1. The molecule has 0 amide bonds. The third-order valence-electron chi connectivity index (χ3n) is 2.69. The molecule has 18 heavy (non-hydrogen) atoms. The van der Waals surface area contributed by atoms with Gasteiger partial charge in [-0.25, -0.2) is 8.42 Å². The van der Waals surface area contributed by atoms with Crippen LogP contribution < -0.4 is 4.90 Å². The van der Waals surface area contributed by atoms with E-state index in [1.165, 1.54) is 6.92 Å². The lowest BCUT2D eigenvalue weighted by Gasteiger charge is -2.18. The summed E-state index contributed by atoms with van der Waals surface area (Å²) in [6, 6.07) is 6.61. The van der Waals surface area contributed by atoms with Crippen molar-refractivity contribution in [3.05, 3.63) is 24.3 Å². The lowest BCUT2D eigenvalue weighted by atomic mass is 10.3. The van der Waals surface area contributed by atoms with Gasteiger partial charge in [0.2, 0.25) is 0 Å². The van der Waals surface area contributed by atoms with Crippen molar-refractivity contribution >= 4 is 21.3 Å². The van der Waals surface area contributed by atoms with Crippen LogP contribution in [0.1, 0.15) is 20.8 Å². The minimum absolute atomic E-state index is 0.0661. The number of anilines is 1. The highest BCUT2D eigenvalue weighted by Gasteiger charge is 2.18. The molecule has 0 atom stereocenters. The Labute approximate surface area is 109 Å². The van der Waals surface area contributed by atoms with Gasteiger partial charge in [0.15, 0.2) is 9.84 Å². The molecule has 0 radical (unpaired) electrons. The lowest BCUT2D eigenvalue weighted by molar-refractivity contribution is -0.115. The Morgan fingerprint density at radius 2 is 1.72 bits per heavy atom. The van der Waals surface area contributed by atoms with E-state index in [9.17, 15) is 13.2 Å². The summed E-state index contributed by atoms with van der Waals surface area (Å²) < 4.78 is 23.8. The largest absolute Gasteiger partial charge is 0.367 e. The molecule has 0 spiro atoms. The molecule has 0 saturated heterocycles. The molecule has 0 aliphatic carbocycles. The fourth-order valence-corrected chi connectivity index (χ4v) is 2.65. The summed E-state index contributed by atoms with van der Waals surface area (Å²) in [5.41, 5.74) is 0.827. The van der Waals surface area contributed by atoms with Crippen LogP contribution in [0.3, 0.4) is 0 Å². The molecular formula is C13H19NO3S. The molecule has 1 aromatic rings. The second-order valence-corrected chi connectivity index (χ2v) is 7.15. The van der Waals surface area contributed by atoms with Gasteiger partial charge in [-0.1, -0.05) is 0 Å². The van der Waals surface area contributed by atoms with Crippen LogP contribution in [0, 0.1) is 0 Å². The molecule has 0 aliphatic rings. The minimum Gasteiger partial charge on any atom is -0.367 e. The van der Waals surface area contributed by atoms with Crippen LogP contribution in [0.4, 0.5) is 5.69 Å². The molecule has 4 nitrogen and oxygen atoms in total. The maximum Gasteiger partial charge on any atom is 0.180 e. The molecule has 0 aliphatic heterocycles. The summed E-state index contributed by atoms with van der Waals surface area (Å²) in [6.45, 7) is 5.15. The van der Waals surface area contributed by atoms with Gasteiger partial charge in [0.1, 0.15) is 5.78 Å². The normalized spacial score (nSPS) is 11.6. The van der Waals surface area contributed by atoms with E-state index in [0.717, 1.165) is 5.69 Å². The predicted molar refractivity (Wildman–Crippen MR) is 72.7 cm³/mol. The zero-order chi connectivity index (χ0) is 13.9. The van der Waals surface area contributed by atoms with Crippen molar-refractivity contribution < 1.29 is 13.2 Å². The van der Waals surface area contributed by atoms with E-state index in [-0.39, 0.29) is 5.78 Å². The number of benzene rings is 1. The third kappa shape index (κ3) is 3.32. The van der Waals surface area contributed by atoms with Crippen LogP contribution in [-0.4, -0.2) is 33.0 Å². The number of nitrogens with zero attached hydrogens (tertiary/aromatic N) is 1. The van der Waals surface area contributed by atoms with Crippen LogP contribution in [0.15, 0.2) is 29.2 Å². The first-order valence-corrected chi connectivity index (χ1v) is 7.34. The molecular weight excluding hydrogens is 250 g/mol. The van der Waals surface area contributed by atoms with E-state index in [4.69, 9.17) is 0 Å². The summed E-state index contributed by atoms with van der Waals surface area (Å²) in [7, 11) is -1.43. The summed E-state index contributed by atoms with van der Waals surface area (Å²) in [5.74, 6) is 0.0661. The number of carbonyl (C=O) groups excluding carboxylic acids is 1. The van der Waals surface area contributed by atoms with Gasteiger partial charge < -0.3 is 4.90 Å². The Bertz CT molecular complexity index is 518. The van der Waals surface area contributed by atoms with Crippen molar-refractivity contribution in [2.45, 2.75) is 30.9 Å². The second kappa shape index (κ2) is 5.52. The molecule has 0 bridgehead atoms. The number of rotatable bonds is 5. The van der Waals surface area contributed by atoms with E-state index in [2.05, 4.69) is 0 Å². The predicted octanol–water partition coefficient (Wildman–Crippen LogP) is 1.89. The Morgan fingerprint density at radius 3 is 2.11 bits per heavy atom. The first kappa shape index (κ1) is 14.7. The smallest absolute Gasteiger partial charge is 0.180 e. The zero-order valence-corrected chi connectivity index (χ0v) is 12.0. The first-order valence-electron chi connectivity index (χ1n) is 5.79. The number of hydrogen-bond acceptors (Lipinski definition) is 4. The number of hydrogen-bond donors (Lipinski definition) is 0. The average Bonchev–Trinajstić information content (AvgIpc) is 2.28. The first-order chi connectivity index (χ1) is 8.25. The molecule has 0 unspecified atom stereocenters. The molecule has 0 saturated carbocycles. The number of sulfone groups is 1. The van der Waals surface area contributed by atoms with Gasteiger partial charge in [-0.05, 0) is 45.0 Å². The third-order valence-corrected chi connectivity index (χ3v) is 4.86. The molecule has 0 aromatic heterocycles. The maximum atomic E-state index is 11.9. The summed E-state index contributed by atoms with van der Waals surface area (Å²) in [4.78, 5) is 13.1. The topological polar surface area (TPSA) is 54.5 Å². The highest BCUT2D eigenvalue weighted by Crippen LogP contribution is 2.20. The van der Waals surface area contributed by atoms with Crippen molar-refractivity contribution in [1.82, 2.24) is 0 Å². The Balaban J connectivity index is 2.97. The van der Waals surface area contributed by atoms with E-state index < -0.39 is 15.1 Å². The fourth-order valence-electron chi connectivity index (χ4n) is 1.59. The molecule has 0 N–H and O–H groups in total. The second-order valence-electron chi connectivity index (χ2n) is 4.65. The number of Topliss-reactive ketones (excluding diaryl/α,β-unsaturated/α-hetero) is 1. The average molecular weight is 269 g/mol. The van der Waals surface area contributed by atoms with E-state index >= 15 is 0 Å². The Morgan fingerprint density at radius 1 is 1.22 bits per heavy atom. The highest BCUT2D eigenvalue weighted by molar-refractivity contribution is 7.92. The van der Waals surface area contributed by atoms with Crippen molar-refractivity contribution in [2.75, 3.05) is 18.5 Å². The number of ketones is 1. The fraction of sp³-hybridized carbons (Fsp3) is 0.462. The Kier molecular flexibility index (Phi) is 4.51. The van der Waals surface area contributed by atoms with E-state index in [1.54, 1.807) is 50.1 Å². The molecule has 1 rings (SSSR count). The number of likely N-dealkylation sites (N-methyl/N-ethyl adjacent to an activating group) is 1. The molecule has 0 heterocycles. The quantitative estimate of drug-likeness (QED) is 0.819. The summed E-state index contributed by atoms with van der Waals surface area (Å²) in [6.07, 6.45) is 0. The lowest BCUT2D eigenvalue weighted by Crippen LogP contribution is -2.23. The maximum absolute atomic E-state index is 11.9. The van der Waals surface area contributed by atoms with Crippen LogP contribution in [-0.2, 0) is 14.6 Å². The van der Waals surface area contributed by atoms with E-state index in [1.807, 2.05) is 0 Å².